The first-order chi connectivity index (χ1) is 18.5. The highest BCUT2D eigenvalue weighted by Crippen LogP contribution is 2.42. The number of hydrogen-bond donors (Lipinski definition) is 1. The summed E-state index contributed by atoms with van der Waals surface area (Å²) >= 11 is 0. The molecule has 3 fully saturated rings. The molecule has 3 saturated heterocycles. The van der Waals surface area contributed by atoms with E-state index in [0.717, 1.165) is 42.7 Å². The van der Waals surface area contributed by atoms with Crippen molar-refractivity contribution in [3.8, 4) is 0 Å². The van der Waals surface area contributed by atoms with Gasteiger partial charge in [-0.3, -0.25) is 14.5 Å². The van der Waals surface area contributed by atoms with Crippen LogP contribution < -0.4 is 5.32 Å². The molecule has 0 saturated carbocycles. The zero-order chi connectivity index (χ0) is 26.2. The fourth-order valence-electron chi connectivity index (χ4n) is 7.09. The number of imidazole rings is 1. The average molecular weight is 514 g/mol. The quantitative estimate of drug-likeness (QED) is 0.477. The number of carbonyl (C=O) groups excluding carboxylic acids is 2. The number of para-hydroxylation sites is 2. The second kappa shape index (κ2) is 10.5. The maximum absolute atomic E-state index is 13.1. The summed E-state index contributed by atoms with van der Waals surface area (Å²) in [5, 5.41) is 3.35. The van der Waals surface area contributed by atoms with Gasteiger partial charge in [-0.25, -0.2) is 4.98 Å². The normalized spacial score (nSPS) is 24.4. The van der Waals surface area contributed by atoms with Crippen molar-refractivity contribution in [2.24, 2.45) is 5.92 Å². The summed E-state index contributed by atoms with van der Waals surface area (Å²) < 4.78 is 2.48. The molecule has 0 spiro atoms. The first kappa shape index (κ1) is 25.1. The van der Waals surface area contributed by atoms with E-state index >= 15 is 0 Å². The highest BCUT2D eigenvalue weighted by Gasteiger charge is 2.42. The van der Waals surface area contributed by atoms with E-state index in [2.05, 4.69) is 58.1 Å². The molecule has 7 nitrogen and oxygen atoms in total. The Labute approximate surface area is 225 Å². The van der Waals surface area contributed by atoms with Gasteiger partial charge < -0.3 is 14.8 Å². The van der Waals surface area contributed by atoms with Crippen molar-refractivity contribution in [3.05, 3.63) is 66.0 Å². The second-order valence-electron chi connectivity index (χ2n) is 11.4. The van der Waals surface area contributed by atoms with Gasteiger partial charge in [0.25, 0.3) is 0 Å². The van der Waals surface area contributed by atoms with Gasteiger partial charge in [0.1, 0.15) is 5.82 Å². The van der Waals surface area contributed by atoms with E-state index in [4.69, 9.17) is 4.98 Å². The molecule has 200 valence electrons. The van der Waals surface area contributed by atoms with Gasteiger partial charge >= 0.3 is 0 Å². The third-order valence-electron chi connectivity index (χ3n) is 9.10. The monoisotopic (exact) mass is 513 g/mol. The van der Waals surface area contributed by atoms with Crippen molar-refractivity contribution in [1.29, 1.82) is 0 Å². The molecule has 2 bridgehead atoms. The van der Waals surface area contributed by atoms with E-state index < -0.39 is 0 Å². The number of rotatable bonds is 8. The Balaban J connectivity index is 1.11. The minimum atomic E-state index is -0.100. The zero-order valence-corrected chi connectivity index (χ0v) is 22.6. The standard InChI is InChI=1S/C31H39N5O2/c1-3-30(37)34-19-23(20-34)31(38)33-27(22-9-5-4-6-10-22)15-16-35-24-13-14-25(35)18-26(17-24)36-21(2)32-28-11-7-8-12-29(28)36/h4-12,23-27H,3,13-20H2,1-2H3,(H,33,38)/t24?,25?,26?,27-/m0/s1. The number of piperidine rings is 1. The lowest BCUT2D eigenvalue weighted by Crippen LogP contribution is -2.56. The van der Waals surface area contributed by atoms with E-state index in [1.165, 1.54) is 18.4 Å². The number of hydrogen-bond acceptors (Lipinski definition) is 4. The van der Waals surface area contributed by atoms with Gasteiger partial charge in [-0.15, -0.1) is 0 Å². The number of nitrogens with zero attached hydrogens (tertiary/aromatic N) is 4. The summed E-state index contributed by atoms with van der Waals surface area (Å²) in [6, 6.07) is 20.5. The van der Waals surface area contributed by atoms with Crippen LogP contribution in [0.25, 0.3) is 11.0 Å². The van der Waals surface area contributed by atoms with Gasteiger partial charge in [0.2, 0.25) is 11.8 Å². The topological polar surface area (TPSA) is 70.5 Å². The van der Waals surface area contributed by atoms with Crippen LogP contribution in [0.3, 0.4) is 0 Å². The number of amides is 2. The van der Waals surface area contributed by atoms with Crippen LogP contribution in [0.2, 0.25) is 0 Å². The number of benzene rings is 2. The van der Waals surface area contributed by atoms with Crippen LogP contribution in [0, 0.1) is 12.8 Å². The minimum Gasteiger partial charge on any atom is -0.349 e. The van der Waals surface area contributed by atoms with E-state index in [1.54, 1.807) is 4.90 Å². The number of fused-ring (bicyclic) bond motifs is 3. The Morgan fingerprint density at radius 3 is 2.37 bits per heavy atom. The molecule has 2 amide bonds. The molecular formula is C31H39N5O2. The molecular weight excluding hydrogens is 474 g/mol. The third-order valence-corrected chi connectivity index (χ3v) is 9.10. The van der Waals surface area contributed by atoms with Crippen LogP contribution in [-0.2, 0) is 9.59 Å². The van der Waals surface area contributed by atoms with Gasteiger partial charge in [-0.05, 0) is 56.7 Å². The van der Waals surface area contributed by atoms with Crippen molar-refractivity contribution in [2.45, 2.75) is 76.5 Å². The average Bonchev–Trinajstić information content (AvgIpc) is 3.36. The summed E-state index contributed by atoms with van der Waals surface area (Å²) in [4.78, 5) is 34.4. The molecule has 0 radical (unpaired) electrons. The summed E-state index contributed by atoms with van der Waals surface area (Å²) in [7, 11) is 0. The van der Waals surface area contributed by atoms with E-state index in [0.29, 0.717) is 37.6 Å². The van der Waals surface area contributed by atoms with Crippen molar-refractivity contribution < 1.29 is 9.59 Å². The van der Waals surface area contributed by atoms with Gasteiger partial charge in [0, 0.05) is 44.2 Å². The predicted octanol–water partition coefficient (Wildman–Crippen LogP) is 4.63. The molecule has 1 N–H and O–H groups in total. The van der Waals surface area contributed by atoms with E-state index in [-0.39, 0.29) is 23.8 Å². The SMILES string of the molecule is CCC(=O)N1CC(C(=O)N[C@@H](CCN2C3CCC2CC(n2c(C)nc4ccccc42)C3)c2ccccc2)C1. The van der Waals surface area contributed by atoms with Crippen molar-refractivity contribution >= 4 is 22.8 Å². The van der Waals surface area contributed by atoms with Crippen molar-refractivity contribution in [2.75, 3.05) is 19.6 Å². The molecule has 3 aromatic rings. The van der Waals surface area contributed by atoms with Gasteiger partial charge in [0.05, 0.1) is 23.0 Å². The molecule has 1 aromatic heterocycles. The summed E-state index contributed by atoms with van der Waals surface area (Å²) in [5.41, 5.74) is 3.50. The van der Waals surface area contributed by atoms with Gasteiger partial charge in [-0.1, -0.05) is 49.4 Å². The minimum absolute atomic E-state index is 0.0170. The van der Waals surface area contributed by atoms with Crippen LogP contribution in [-0.4, -0.2) is 62.9 Å². The van der Waals surface area contributed by atoms with Gasteiger partial charge in [-0.2, -0.15) is 0 Å². The number of aryl methyl sites for hydroxylation is 1. The van der Waals surface area contributed by atoms with E-state index in [9.17, 15) is 9.59 Å². The van der Waals surface area contributed by atoms with E-state index in [1.807, 2.05) is 25.1 Å². The van der Waals surface area contributed by atoms with Crippen LogP contribution in [0.15, 0.2) is 54.6 Å². The smallest absolute Gasteiger partial charge is 0.227 e. The molecule has 4 heterocycles. The Morgan fingerprint density at radius 1 is 0.974 bits per heavy atom. The Kier molecular flexibility index (Phi) is 6.95. The lowest BCUT2D eigenvalue weighted by atomic mass is 9.94. The molecule has 6 rings (SSSR count). The third kappa shape index (κ3) is 4.73. The van der Waals surface area contributed by atoms with Crippen LogP contribution in [0.4, 0.5) is 0 Å². The lowest BCUT2D eigenvalue weighted by Gasteiger charge is -2.41. The van der Waals surface area contributed by atoms with Crippen LogP contribution in [0.5, 0.6) is 0 Å². The molecule has 3 aliphatic rings. The number of likely N-dealkylation sites (tertiary alicyclic amines) is 1. The molecule has 7 heteroatoms. The number of carbonyl (C=O) groups is 2. The molecule has 2 unspecified atom stereocenters. The molecule has 3 aliphatic heterocycles. The molecule has 3 atom stereocenters. The second-order valence-corrected chi connectivity index (χ2v) is 11.4. The maximum atomic E-state index is 13.1. The molecule has 0 aliphatic carbocycles. The van der Waals surface area contributed by atoms with Crippen molar-refractivity contribution in [3.63, 3.8) is 0 Å². The zero-order valence-electron chi connectivity index (χ0n) is 22.6. The van der Waals surface area contributed by atoms with Crippen molar-refractivity contribution in [1.82, 2.24) is 24.7 Å². The fourth-order valence-corrected chi connectivity index (χ4v) is 7.09. The highest BCUT2D eigenvalue weighted by atomic mass is 16.2. The number of aromatic nitrogens is 2. The summed E-state index contributed by atoms with van der Waals surface area (Å²) in [6.45, 7) is 6.08. The lowest BCUT2D eigenvalue weighted by molar-refractivity contribution is -0.143. The van der Waals surface area contributed by atoms with Crippen LogP contribution >= 0.6 is 0 Å². The Bertz CT molecular complexity index is 1280. The van der Waals surface area contributed by atoms with Gasteiger partial charge in [0.15, 0.2) is 0 Å². The Morgan fingerprint density at radius 2 is 1.66 bits per heavy atom. The highest BCUT2D eigenvalue weighted by molar-refractivity contribution is 5.84. The summed E-state index contributed by atoms with van der Waals surface area (Å²) in [6.07, 6.45) is 6.20. The Hall–Kier alpha value is -3.19. The predicted molar refractivity (Wildman–Crippen MR) is 149 cm³/mol. The fraction of sp³-hybridized carbons (Fsp3) is 0.516. The first-order valence-electron chi connectivity index (χ1n) is 14.3. The molecule has 2 aromatic carbocycles. The molecule has 38 heavy (non-hydrogen) atoms. The largest absolute Gasteiger partial charge is 0.349 e. The van der Waals surface area contributed by atoms with Crippen LogP contribution in [0.1, 0.15) is 68.9 Å². The summed E-state index contributed by atoms with van der Waals surface area (Å²) in [5.74, 6) is 1.22. The number of nitrogens with one attached hydrogen (secondary N) is 1. The first-order valence-corrected chi connectivity index (χ1v) is 14.3. The maximum Gasteiger partial charge on any atom is 0.227 e.